The van der Waals surface area contributed by atoms with Gasteiger partial charge in [0.25, 0.3) is 0 Å². The van der Waals surface area contributed by atoms with Crippen LogP contribution in [0.15, 0.2) is 51.6 Å². The van der Waals surface area contributed by atoms with Crippen LogP contribution in [0.2, 0.25) is 0 Å². The van der Waals surface area contributed by atoms with E-state index in [1.165, 1.54) is 0 Å². The van der Waals surface area contributed by atoms with Gasteiger partial charge in [0.15, 0.2) is 11.7 Å². The number of hydrogen-bond acceptors (Lipinski definition) is 7. The lowest BCUT2D eigenvalue weighted by molar-refractivity contribution is -0.174. The molecule has 3 heterocycles. The minimum Gasteiger partial charge on any atom is -0.461 e. The van der Waals surface area contributed by atoms with E-state index in [9.17, 15) is 15.0 Å². The molecule has 2 N–H and O–H groups in total. The first-order valence-electron chi connectivity index (χ1n) is 16.1. The average molecular weight is 560 g/mol. The van der Waals surface area contributed by atoms with Crippen molar-refractivity contribution in [1.29, 1.82) is 0 Å². The van der Waals surface area contributed by atoms with Gasteiger partial charge in [-0.3, -0.25) is 9.79 Å². The normalized spacial score (nSPS) is 46.3. The molecular formula is C34H45N3O4. The predicted octanol–water partition coefficient (Wildman–Crippen LogP) is 4.82. The first-order chi connectivity index (χ1) is 19.7. The molecule has 220 valence electrons. The van der Waals surface area contributed by atoms with Gasteiger partial charge in [0.1, 0.15) is 0 Å². The molecule has 2 aliphatic heterocycles. The van der Waals surface area contributed by atoms with Gasteiger partial charge < -0.3 is 24.4 Å². The Bertz CT molecular complexity index is 1350. The molecule has 2 bridgehead atoms. The number of guanidine groups is 1. The van der Waals surface area contributed by atoms with Crippen LogP contribution in [-0.4, -0.2) is 76.2 Å². The minimum atomic E-state index is -0.858. The second kappa shape index (κ2) is 8.59. The molecule has 9 rings (SSSR count). The summed E-state index contributed by atoms with van der Waals surface area (Å²) in [4.78, 5) is 24.0. The Balaban J connectivity index is 1.22. The molecule has 1 aromatic heterocycles. The van der Waals surface area contributed by atoms with Crippen LogP contribution in [0.3, 0.4) is 0 Å². The summed E-state index contributed by atoms with van der Waals surface area (Å²) in [6.45, 7) is 9.29. The number of rotatable bonds is 4. The van der Waals surface area contributed by atoms with Gasteiger partial charge in [-0.05, 0) is 87.2 Å². The Hall–Kier alpha value is -2.38. The molecule has 7 nitrogen and oxygen atoms in total. The second-order valence-corrected chi connectivity index (χ2v) is 14.9. The molecule has 1 saturated heterocycles. The first-order valence-corrected chi connectivity index (χ1v) is 16.1. The first kappa shape index (κ1) is 26.3. The third-order valence-corrected chi connectivity index (χ3v) is 13.4. The number of aliphatic imine (C=N–C) groups is 1. The highest BCUT2D eigenvalue weighted by atomic mass is 16.3. The number of β-amino-alcohol motifs (C(OH)–C–C–N with tert-alkyl or cyclic N) is 1. The van der Waals surface area contributed by atoms with E-state index in [2.05, 4.69) is 41.9 Å². The Morgan fingerprint density at radius 3 is 2.66 bits per heavy atom. The fourth-order valence-corrected chi connectivity index (χ4v) is 11.3. The van der Waals surface area contributed by atoms with Crippen molar-refractivity contribution in [3.8, 4) is 0 Å². The number of nitrogens with zero attached hydrogens (tertiary/aromatic N) is 3. The summed E-state index contributed by atoms with van der Waals surface area (Å²) in [5.41, 5.74) is -1.14. The smallest absolute Gasteiger partial charge is 0.224 e. The predicted molar refractivity (Wildman–Crippen MR) is 156 cm³/mol. The number of hydrogen-bond donors (Lipinski definition) is 2. The van der Waals surface area contributed by atoms with Crippen LogP contribution in [0.4, 0.5) is 0 Å². The largest absolute Gasteiger partial charge is 0.461 e. The number of carbonyl (C=O) groups excluding carboxylic acids is 1. The van der Waals surface area contributed by atoms with Gasteiger partial charge in [-0.2, -0.15) is 0 Å². The van der Waals surface area contributed by atoms with Crippen LogP contribution in [0.1, 0.15) is 82.2 Å². The maximum Gasteiger partial charge on any atom is 0.224 e. The molecule has 41 heavy (non-hydrogen) atoms. The van der Waals surface area contributed by atoms with Gasteiger partial charge in [-0.1, -0.05) is 32.1 Å². The van der Waals surface area contributed by atoms with Gasteiger partial charge in [-0.25, -0.2) is 0 Å². The molecule has 1 aromatic rings. The van der Waals surface area contributed by atoms with E-state index in [4.69, 9.17) is 9.41 Å². The SMILES string of the molecule is C[C@]12CC[C@H]3[C@]4(C=C[C@@]5(C=C4C(=O)c4ccco4)CC(O)CC[C@]35C)[C@@H]1CC[C@@]2(O)CN1CCCN2CCCN=C21. The molecule has 2 spiro atoms. The van der Waals surface area contributed by atoms with Gasteiger partial charge in [0, 0.05) is 48.0 Å². The lowest BCUT2D eigenvalue weighted by Gasteiger charge is -2.71. The summed E-state index contributed by atoms with van der Waals surface area (Å²) in [5, 5.41) is 23.6. The molecule has 0 amide bonds. The number of carbonyl (C=O) groups is 1. The van der Waals surface area contributed by atoms with Crippen molar-refractivity contribution in [2.75, 3.05) is 32.7 Å². The number of aliphatic hydroxyl groups is 2. The van der Waals surface area contributed by atoms with E-state index in [-0.39, 0.29) is 34.1 Å². The van der Waals surface area contributed by atoms with Gasteiger partial charge in [0.2, 0.25) is 5.78 Å². The number of ketones is 1. The zero-order valence-electron chi connectivity index (χ0n) is 24.6. The third-order valence-electron chi connectivity index (χ3n) is 13.4. The van der Waals surface area contributed by atoms with Gasteiger partial charge >= 0.3 is 0 Å². The quantitative estimate of drug-likeness (QED) is 0.406. The van der Waals surface area contributed by atoms with Crippen molar-refractivity contribution in [2.45, 2.75) is 83.3 Å². The molecule has 4 fully saturated rings. The van der Waals surface area contributed by atoms with Crippen molar-refractivity contribution in [2.24, 2.45) is 38.5 Å². The number of aliphatic hydroxyl groups excluding tert-OH is 1. The van der Waals surface area contributed by atoms with Gasteiger partial charge in [-0.15, -0.1) is 0 Å². The van der Waals surface area contributed by atoms with Crippen LogP contribution >= 0.6 is 0 Å². The summed E-state index contributed by atoms with van der Waals surface area (Å²) in [7, 11) is 0. The molecule has 0 radical (unpaired) electrons. The monoisotopic (exact) mass is 559 g/mol. The highest BCUT2D eigenvalue weighted by Crippen LogP contribution is 2.78. The molecule has 8 aliphatic rings. The maximum atomic E-state index is 14.3. The summed E-state index contributed by atoms with van der Waals surface area (Å²) in [6, 6.07) is 3.58. The highest BCUT2D eigenvalue weighted by molar-refractivity contribution is 6.08. The number of allylic oxidation sites excluding steroid dienone is 4. The topological polar surface area (TPSA) is 89.5 Å². The van der Waals surface area contributed by atoms with Crippen LogP contribution in [0.25, 0.3) is 0 Å². The molecular weight excluding hydrogens is 514 g/mol. The van der Waals surface area contributed by atoms with Crippen molar-refractivity contribution in [3.63, 3.8) is 0 Å². The van der Waals surface area contributed by atoms with E-state index in [0.717, 1.165) is 89.1 Å². The fraction of sp³-hybridized carbons (Fsp3) is 0.706. The average Bonchev–Trinajstić information content (AvgIpc) is 3.60. The van der Waals surface area contributed by atoms with Crippen LogP contribution in [0, 0.1) is 33.5 Å². The van der Waals surface area contributed by atoms with E-state index in [1.54, 1.807) is 18.4 Å². The van der Waals surface area contributed by atoms with E-state index in [0.29, 0.717) is 24.6 Å². The number of fused-ring (bicyclic) bond motifs is 2. The standard InChI is InChI=1S/C34H45N3O4/c1-30-10-7-23(38)20-32(30)13-14-34(24(21-32)28(39)25-6-3-19-41-25)26(30)8-11-31(2)27(34)9-12-33(31,40)22-37-18-5-17-36-16-4-15-35-29(36)37/h3,6,13-14,19,21,23,26-27,38,40H,4-5,7-12,15-18,20,22H2,1-2H3/t23?,26-,27-,30-,31+,32+,33-,34-/m1/s1. The van der Waals surface area contributed by atoms with Gasteiger partial charge in [0.05, 0.1) is 24.5 Å². The molecule has 8 atom stereocenters. The molecule has 7 heteroatoms. The fourth-order valence-electron chi connectivity index (χ4n) is 11.3. The summed E-state index contributed by atoms with van der Waals surface area (Å²) >= 11 is 0. The Kier molecular flexibility index (Phi) is 5.50. The second-order valence-electron chi connectivity index (χ2n) is 14.9. The maximum absolute atomic E-state index is 14.3. The Morgan fingerprint density at radius 1 is 1.05 bits per heavy atom. The molecule has 3 saturated carbocycles. The molecule has 1 unspecified atom stereocenters. The molecule has 6 aliphatic carbocycles. The van der Waals surface area contributed by atoms with E-state index in [1.807, 2.05) is 0 Å². The minimum absolute atomic E-state index is 0.0197. The summed E-state index contributed by atoms with van der Waals surface area (Å²) in [6.07, 6.45) is 16.5. The number of Topliss-reactive ketones (excluding diaryl/α,β-unsaturated/α-hetero) is 1. The Morgan fingerprint density at radius 2 is 1.83 bits per heavy atom. The van der Waals surface area contributed by atoms with Crippen molar-refractivity contribution < 1.29 is 19.4 Å². The Labute approximate surface area is 243 Å². The van der Waals surface area contributed by atoms with Crippen LogP contribution in [0.5, 0.6) is 0 Å². The van der Waals surface area contributed by atoms with E-state index >= 15 is 0 Å². The van der Waals surface area contributed by atoms with Crippen LogP contribution < -0.4 is 0 Å². The zero-order valence-corrected chi connectivity index (χ0v) is 24.6. The highest BCUT2D eigenvalue weighted by Gasteiger charge is 2.74. The number of furan rings is 1. The van der Waals surface area contributed by atoms with Crippen molar-refractivity contribution >= 4 is 11.7 Å². The lowest BCUT2D eigenvalue weighted by atomic mass is 9.32. The van der Waals surface area contributed by atoms with E-state index < -0.39 is 11.0 Å². The zero-order chi connectivity index (χ0) is 28.3. The summed E-state index contributed by atoms with van der Waals surface area (Å²) in [5.74, 6) is 1.89. The lowest BCUT2D eigenvalue weighted by Crippen LogP contribution is -2.68. The summed E-state index contributed by atoms with van der Waals surface area (Å²) < 4.78 is 5.70. The van der Waals surface area contributed by atoms with Crippen molar-refractivity contribution in [1.82, 2.24) is 9.80 Å². The van der Waals surface area contributed by atoms with Crippen LogP contribution in [-0.2, 0) is 0 Å². The molecule has 0 aromatic carbocycles. The van der Waals surface area contributed by atoms with Crippen molar-refractivity contribution in [3.05, 3.63) is 48.0 Å². The third kappa shape index (κ3) is 3.23.